The summed E-state index contributed by atoms with van der Waals surface area (Å²) in [6.07, 6.45) is 1.66. The minimum atomic E-state index is -0.735. The van der Waals surface area contributed by atoms with Crippen LogP contribution < -0.4 is 4.74 Å². The Morgan fingerprint density at radius 3 is 3.18 bits per heavy atom. The third kappa shape index (κ3) is 3.13. The van der Waals surface area contributed by atoms with Crippen LogP contribution in [0.15, 0.2) is 29.6 Å². The van der Waals surface area contributed by atoms with Gasteiger partial charge in [-0.15, -0.1) is 11.3 Å². The quantitative estimate of drug-likeness (QED) is 0.918. The number of aliphatic carboxylic acids is 1. The predicted octanol–water partition coefficient (Wildman–Crippen LogP) is 2.87. The molecule has 2 heterocycles. The molecule has 2 aromatic rings. The zero-order valence-corrected chi connectivity index (χ0v) is 13.2. The van der Waals surface area contributed by atoms with Gasteiger partial charge in [0, 0.05) is 17.5 Å². The van der Waals surface area contributed by atoms with Gasteiger partial charge >= 0.3 is 5.97 Å². The predicted molar refractivity (Wildman–Crippen MR) is 85.2 cm³/mol. The number of benzene rings is 1. The average Bonchev–Trinajstić information content (AvgIpc) is 3.17. The Labute approximate surface area is 133 Å². The van der Waals surface area contributed by atoms with Gasteiger partial charge in [-0.3, -0.25) is 9.69 Å². The standard InChI is InChI=1S/C16H18N2O3S/c1-21-13-5-2-4-11(8-13)15-17-12(10-22-15)9-18-7-3-6-14(18)16(19)20/h2,4-5,8,10,14H,3,6-7,9H2,1H3,(H,19,20)/t14-/m1/s1. The molecule has 22 heavy (non-hydrogen) atoms. The van der Waals surface area contributed by atoms with Gasteiger partial charge in [-0.05, 0) is 31.5 Å². The molecule has 0 unspecified atom stereocenters. The van der Waals surface area contributed by atoms with Crippen LogP contribution in [0.2, 0.25) is 0 Å². The maximum atomic E-state index is 11.2. The van der Waals surface area contributed by atoms with Crippen molar-refractivity contribution in [3.05, 3.63) is 35.3 Å². The smallest absolute Gasteiger partial charge is 0.320 e. The van der Waals surface area contributed by atoms with E-state index in [1.807, 2.05) is 34.5 Å². The number of thiazole rings is 1. The molecule has 1 N–H and O–H groups in total. The Hall–Kier alpha value is -1.92. The molecular weight excluding hydrogens is 300 g/mol. The lowest BCUT2D eigenvalue weighted by molar-refractivity contribution is -0.142. The second-order valence-corrected chi connectivity index (χ2v) is 6.20. The molecule has 1 atom stereocenters. The fraction of sp³-hybridized carbons (Fsp3) is 0.375. The number of likely N-dealkylation sites (tertiary alicyclic amines) is 1. The number of aromatic nitrogens is 1. The lowest BCUT2D eigenvalue weighted by atomic mass is 10.2. The van der Waals surface area contributed by atoms with E-state index in [-0.39, 0.29) is 6.04 Å². The second kappa shape index (κ2) is 6.46. The van der Waals surface area contributed by atoms with E-state index in [4.69, 9.17) is 4.74 Å². The minimum absolute atomic E-state index is 0.373. The summed E-state index contributed by atoms with van der Waals surface area (Å²) < 4.78 is 5.23. The van der Waals surface area contributed by atoms with Gasteiger partial charge in [0.2, 0.25) is 0 Å². The number of hydrogen-bond acceptors (Lipinski definition) is 5. The first kappa shape index (κ1) is 15.0. The minimum Gasteiger partial charge on any atom is -0.497 e. The number of nitrogens with zero attached hydrogens (tertiary/aromatic N) is 2. The summed E-state index contributed by atoms with van der Waals surface area (Å²) in [7, 11) is 1.64. The highest BCUT2D eigenvalue weighted by Crippen LogP contribution is 2.28. The number of methoxy groups -OCH3 is 1. The normalized spacial score (nSPS) is 18.5. The molecule has 5 nitrogen and oxygen atoms in total. The molecule has 1 saturated heterocycles. The maximum absolute atomic E-state index is 11.2. The monoisotopic (exact) mass is 318 g/mol. The first-order chi connectivity index (χ1) is 10.7. The first-order valence-corrected chi connectivity index (χ1v) is 8.11. The van der Waals surface area contributed by atoms with Crippen LogP contribution in [0.3, 0.4) is 0 Å². The van der Waals surface area contributed by atoms with Crippen molar-refractivity contribution in [2.24, 2.45) is 0 Å². The maximum Gasteiger partial charge on any atom is 0.320 e. The van der Waals surface area contributed by atoms with Crippen molar-refractivity contribution in [3.8, 4) is 16.3 Å². The third-order valence-electron chi connectivity index (χ3n) is 3.88. The molecule has 0 amide bonds. The molecule has 0 spiro atoms. The van der Waals surface area contributed by atoms with Gasteiger partial charge < -0.3 is 9.84 Å². The molecular formula is C16H18N2O3S. The van der Waals surface area contributed by atoms with Crippen molar-refractivity contribution in [1.82, 2.24) is 9.88 Å². The fourth-order valence-electron chi connectivity index (χ4n) is 2.77. The Morgan fingerprint density at radius 1 is 1.55 bits per heavy atom. The van der Waals surface area contributed by atoms with Crippen LogP contribution in [0.4, 0.5) is 0 Å². The molecule has 0 radical (unpaired) electrons. The van der Waals surface area contributed by atoms with Crippen molar-refractivity contribution in [2.75, 3.05) is 13.7 Å². The molecule has 116 valence electrons. The average molecular weight is 318 g/mol. The molecule has 0 saturated carbocycles. The molecule has 1 aliphatic heterocycles. The summed E-state index contributed by atoms with van der Waals surface area (Å²) in [5, 5.41) is 12.2. The first-order valence-electron chi connectivity index (χ1n) is 7.23. The van der Waals surface area contributed by atoms with Crippen molar-refractivity contribution in [2.45, 2.75) is 25.4 Å². The summed E-state index contributed by atoms with van der Waals surface area (Å²) in [5.74, 6) is 0.0699. The number of carboxylic acids is 1. The van der Waals surface area contributed by atoms with Gasteiger partial charge in [0.1, 0.15) is 16.8 Å². The van der Waals surface area contributed by atoms with Crippen LogP contribution in [0.25, 0.3) is 10.6 Å². The highest BCUT2D eigenvalue weighted by molar-refractivity contribution is 7.13. The summed E-state index contributed by atoms with van der Waals surface area (Å²) in [4.78, 5) is 17.9. The molecule has 6 heteroatoms. The zero-order valence-electron chi connectivity index (χ0n) is 12.4. The fourth-order valence-corrected chi connectivity index (χ4v) is 3.58. The van der Waals surface area contributed by atoms with Crippen molar-refractivity contribution < 1.29 is 14.6 Å². The van der Waals surface area contributed by atoms with E-state index in [1.54, 1.807) is 18.4 Å². The Morgan fingerprint density at radius 2 is 2.41 bits per heavy atom. The highest BCUT2D eigenvalue weighted by atomic mass is 32.1. The number of rotatable bonds is 5. The second-order valence-electron chi connectivity index (χ2n) is 5.34. The van der Waals surface area contributed by atoms with Crippen molar-refractivity contribution in [3.63, 3.8) is 0 Å². The molecule has 0 bridgehead atoms. The molecule has 0 aliphatic carbocycles. The zero-order chi connectivity index (χ0) is 15.5. The summed E-state index contributed by atoms with van der Waals surface area (Å²) in [6.45, 7) is 1.42. The largest absolute Gasteiger partial charge is 0.497 e. The molecule has 1 aromatic carbocycles. The van der Waals surface area contributed by atoms with E-state index >= 15 is 0 Å². The van der Waals surface area contributed by atoms with Crippen LogP contribution in [0.5, 0.6) is 5.75 Å². The van der Waals surface area contributed by atoms with E-state index < -0.39 is 5.97 Å². The lowest BCUT2D eigenvalue weighted by Gasteiger charge is -2.19. The van der Waals surface area contributed by atoms with Crippen LogP contribution in [0, 0.1) is 0 Å². The lowest BCUT2D eigenvalue weighted by Crippen LogP contribution is -2.35. The van der Waals surface area contributed by atoms with Crippen LogP contribution in [-0.4, -0.2) is 40.7 Å². The number of hydrogen-bond donors (Lipinski definition) is 1. The molecule has 1 aromatic heterocycles. The highest BCUT2D eigenvalue weighted by Gasteiger charge is 2.30. The van der Waals surface area contributed by atoms with Gasteiger partial charge in [0.05, 0.1) is 12.8 Å². The van der Waals surface area contributed by atoms with Gasteiger partial charge in [-0.2, -0.15) is 0 Å². The summed E-state index contributed by atoms with van der Waals surface area (Å²) in [5.41, 5.74) is 1.95. The number of carboxylic acid groups (broad SMARTS) is 1. The number of carbonyl (C=O) groups is 1. The molecule has 1 aliphatic rings. The van der Waals surface area contributed by atoms with E-state index in [0.29, 0.717) is 6.54 Å². The Balaban J connectivity index is 1.75. The van der Waals surface area contributed by atoms with Crippen LogP contribution in [-0.2, 0) is 11.3 Å². The van der Waals surface area contributed by atoms with Gasteiger partial charge in [0.25, 0.3) is 0 Å². The number of ether oxygens (including phenoxy) is 1. The van der Waals surface area contributed by atoms with Gasteiger partial charge in [-0.25, -0.2) is 4.98 Å². The van der Waals surface area contributed by atoms with E-state index in [1.165, 1.54) is 0 Å². The van der Waals surface area contributed by atoms with E-state index in [0.717, 1.165) is 41.4 Å². The van der Waals surface area contributed by atoms with Crippen molar-refractivity contribution in [1.29, 1.82) is 0 Å². The van der Waals surface area contributed by atoms with Gasteiger partial charge in [0.15, 0.2) is 0 Å². The molecule has 3 rings (SSSR count). The summed E-state index contributed by atoms with van der Waals surface area (Å²) >= 11 is 1.57. The molecule has 1 fully saturated rings. The van der Waals surface area contributed by atoms with Crippen LogP contribution in [0.1, 0.15) is 18.5 Å². The SMILES string of the molecule is COc1cccc(-c2nc(CN3CCC[C@@H]3C(=O)O)cs2)c1. The third-order valence-corrected chi connectivity index (χ3v) is 4.82. The van der Waals surface area contributed by atoms with E-state index in [9.17, 15) is 9.90 Å². The van der Waals surface area contributed by atoms with Crippen LogP contribution >= 0.6 is 11.3 Å². The van der Waals surface area contributed by atoms with Crippen molar-refractivity contribution >= 4 is 17.3 Å². The van der Waals surface area contributed by atoms with E-state index in [2.05, 4.69) is 4.98 Å². The Kier molecular flexibility index (Phi) is 4.40. The van der Waals surface area contributed by atoms with Gasteiger partial charge in [-0.1, -0.05) is 12.1 Å². The topological polar surface area (TPSA) is 62.7 Å². The Bertz CT molecular complexity index is 671. The summed E-state index contributed by atoms with van der Waals surface area (Å²) in [6, 6.07) is 7.43.